The number of para-hydroxylation sites is 2. The Morgan fingerprint density at radius 2 is 1.52 bits per heavy atom. The maximum Gasteiger partial charge on any atom is 0.328 e. The molecule has 1 unspecified atom stereocenters. The van der Waals surface area contributed by atoms with E-state index in [1.54, 1.807) is 30.3 Å². The summed E-state index contributed by atoms with van der Waals surface area (Å²) in [6.07, 6.45) is 0.234. The van der Waals surface area contributed by atoms with Gasteiger partial charge in [-0.2, -0.15) is 0 Å². The van der Waals surface area contributed by atoms with Gasteiger partial charge < -0.3 is 14.8 Å². The number of hydrogen-bond acceptors (Lipinski definition) is 6. The van der Waals surface area contributed by atoms with Crippen molar-refractivity contribution >= 4 is 50.8 Å². The van der Waals surface area contributed by atoms with Crippen LogP contribution in [0.1, 0.15) is 15.9 Å². The number of ether oxygens (including phenoxy) is 2. The van der Waals surface area contributed by atoms with Gasteiger partial charge in [0, 0.05) is 17.0 Å². The lowest BCUT2D eigenvalue weighted by Gasteiger charge is -2.17. The lowest BCUT2D eigenvalue weighted by atomic mass is 10.1. The first-order chi connectivity index (χ1) is 19.2. The number of rotatable bonds is 10. The van der Waals surface area contributed by atoms with Crippen LogP contribution in [0.4, 0.5) is 5.69 Å². The molecule has 4 rings (SSSR count). The Hall–Kier alpha value is -4.05. The van der Waals surface area contributed by atoms with Crippen LogP contribution in [-0.2, 0) is 26.0 Å². The van der Waals surface area contributed by atoms with Crippen molar-refractivity contribution in [2.75, 3.05) is 11.8 Å². The molecule has 0 aliphatic rings. The SMILES string of the molecule is COC(=O)C(Cc1ccccc1)NC(=O)c1ccc(S(=O)(=O)Nc2ccccc2Oc2ccc(Cl)cc2Cl)cc1. The third-order valence-corrected chi connectivity index (χ3v) is 7.66. The molecule has 0 aliphatic carbocycles. The molecule has 0 heterocycles. The predicted octanol–water partition coefficient (Wildman–Crippen LogP) is 6.10. The first-order valence-corrected chi connectivity index (χ1v) is 14.2. The second-order valence-electron chi connectivity index (χ2n) is 8.54. The summed E-state index contributed by atoms with van der Waals surface area (Å²) in [5, 5.41) is 3.35. The van der Waals surface area contributed by atoms with Gasteiger partial charge in [-0.05, 0) is 60.2 Å². The second-order valence-corrected chi connectivity index (χ2v) is 11.1. The van der Waals surface area contributed by atoms with Gasteiger partial charge in [0.2, 0.25) is 0 Å². The molecule has 0 saturated carbocycles. The van der Waals surface area contributed by atoms with Gasteiger partial charge in [0.1, 0.15) is 11.8 Å². The smallest absolute Gasteiger partial charge is 0.328 e. The van der Waals surface area contributed by atoms with Crippen LogP contribution in [0.2, 0.25) is 10.0 Å². The Bertz CT molecular complexity index is 1610. The molecule has 1 atom stereocenters. The highest BCUT2D eigenvalue weighted by molar-refractivity contribution is 7.92. The first kappa shape index (κ1) is 28.9. The summed E-state index contributed by atoms with van der Waals surface area (Å²) < 4.78 is 39.4. The van der Waals surface area contributed by atoms with Crippen LogP contribution in [0.5, 0.6) is 11.5 Å². The number of anilines is 1. The molecule has 2 N–H and O–H groups in total. The number of esters is 1. The molecule has 8 nitrogen and oxygen atoms in total. The maximum absolute atomic E-state index is 13.1. The van der Waals surface area contributed by atoms with Gasteiger partial charge in [0.25, 0.3) is 15.9 Å². The fourth-order valence-corrected chi connectivity index (χ4v) is 5.25. The Morgan fingerprint density at radius 3 is 2.20 bits per heavy atom. The molecule has 0 aromatic heterocycles. The number of benzene rings is 4. The summed E-state index contributed by atoms with van der Waals surface area (Å²) in [6.45, 7) is 0. The highest BCUT2D eigenvalue weighted by Gasteiger charge is 2.23. The lowest BCUT2D eigenvalue weighted by molar-refractivity contribution is -0.142. The van der Waals surface area contributed by atoms with E-state index in [2.05, 4.69) is 10.0 Å². The standard InChI is InChI=1S/C29H24Cl2N2O6S/c1-38-29(35)25(17-19-7-3-2-4-8-19)32-28(34)20-11-14-22(15-12-20)40(36,37)33-24-9-5-6-10-27(24)39-26-16-13-21(30)18-23(26)31/h2-16,18,25,33H,17H2,1H3,(H,32,34). The van der Waals surface area contributed by atoms with E-state index in [1.165, 1.54) is 43.5 Å². The summed E-state index contributed by atoms with van der Waals surface area (Å²) in [5.74, 6) is -0.632. The molecule has 1 amide bonds. The molecular formula is C29H24Cl2N2O6S. The van der Waals surface area contributed by atoms with E-state index in [-0.39, 0.29) is 33.3 Å². The van der Waals surface area contributed by atoms with E-state index in [0.29, 0.717) is 10.8 Å². The number of nitrogens with one attached hydrogen (secondary N) is 2. The second kappa shape index (κ2) is 12.9. The quantitative estimate of drug-likeness (QED) is 0.213. The summed E-state index contributed by atoms with van der Waals surface area (Å²) in [5.41, 5.74) is 1.19. The molecule has 206 valence electrons. The number of carbonyl (C=O) groups is 2. The van der Waals surface area contributed by atoms with E-state index in [1.807, 2.05) is 30.3 Å². The van der Waals surface area contributed by atoms with Crippen LogP contribution in [0.25, 0.3) is 0 Å². The minimum atomic E-state index is -4.06. The Labute approximate surface area is 241 Å². The van der Waals surface area contributed by atoms with Crippen molar-refractivity contribution in [3.05, 3.63) is 118 Å². The maximum atomic E-state index is 13.1. The van der Waals surface area contributed by atoms with Crippen molar-refractivity contribution in [1.29, 1.82) is 0 Å². The van der Waals surface area contributed by atoms with Crippen LogP contribution in [-0.4, -0.2) is 33.4 Å². The Morgan fingerprint density at radius 1 is 0.850 bits per heavy atom. The minimum absolute atomic E-state index is 0.0859. The summed E-state index contributed by atoms with van der Waals surface area (Å²) in [7, 11) is -2.82. The zero-order valence-electron chi connectivity index (χ0n) is 21.1. The van der Waals surface area contributed by atoms with Gasteiger partial charge in [0.15, 0.2) is 5.75 Å². The zero-order valence-corrected chi connectivity index (χ0v) is 23.5. The number of sulfonamides is 1. The third kappa shape index (κ3) is 7.32. The normalized spacial score (nSPS) is 11.8. The topological polar surface area (TPSA) is 111 Å². The van der Waals surface area contributed by atoms with Crippen LogP contribution in [0.3, 0.4) is 0 Å². The molecule has 40 heavy (non-hydrogen) atoms. The van der Waals surface area contributed by atoms with Crippen molar-refractivity contribution in [2.45, 2.75) is 17.4 Å². The third-order valence-electron chi connectivity index (χ3n) is 5.75. The number of amides is 1. The summed E-state index contributed by atoms with van der Waals surface area (Å²) in [6, 6.07) is 24.7. The van der Waals surface area contributed by atoms with Gasteiger partial charge in [-0.25, -0.2) is 13.2 Å². The van der Waals surface area contributed by atoms with Crippen molar-refractivity contribution in [3.63, 3.8) is 0 Å². The van der Waals surface area contributed by atoms with Gasteiger partial charge in [0.05, 0.1) is 22.7 Å². The fraction of sp³-hybridized carbons (Fsp3) is 0.103. The zero-order chi connectivity index (χ0) is 28.7. The number of hydrogen-bond donors (Lipinski definition) is 2. The van der Waals surface area contributed by atoms with Gasteiger partial charge in [-0.15, -0.1) is 0 Å². The molecular weight excluding hydrogens is 575 g/mol. The fourth-order valence-electron chi connectivity index (χ4n) is 3.73. The van der Waals surface area contributed by atoms with Crippen LogP contribution in [0.15, 0.2) is 102 Å². The highest BCUT2D eigenvalue weighted by Crippen LogP contribution is 2.35. The Kier molecular flexibility index (Phi) is 9.31. The van der Waals surface area contributed by atoms with E-state index in [0.717, 1.165) is 5.56 Å². The largest absolute Gasteiger partial charge is 0.467 e. The average Bonchev–Trinajstić information content (AvgIpc) is 2.95. The summed E-state index contributed by atoms with van der Waals surface area (Å²) in [4.78, 5) is 25.0. The number of halogens is 2. The molecule has 0 saturated heterocycles. The summed E-state index contributed by atoms with van der Waals surface area (Å²) >= 11 is 12.1. The molecule has 11 heteroatoms. The van der Waals surface area contributed by atoms with E-state index >= 15 is 0 Å². The van der Waals surface area contributed by atoms with Crippen molar-refractivity contribution < 1.29 is 27.5 Å². The first-order valence-electron chi connectivity index (χ1n) is 11.9. The van der Waals surface area contributed by atoms with Gasteiger partial charge in [-0.3, -0.25) is 9.52 Å². The van der Waals surface area contributed by atoms with Gasteiger partial charge in [-0.1, -0.05) is 65.7 Å². The Balaban J connectivity index is 1.48. The molecule has 0 radical (unpaired) electrons. The van der Waals surface area contributed by atoms with E-state index in [9.17, 15) is 18.0 Å². The molecule has 0 fully saturated rings. The van der Waals surface area contributed by atoms with Crippen molar-refractivity contribution in [1.82, 2.24) is 5.32 Å². The van der Waals surface area contributed by atoms with E-state index < -0.39 is 27.9 Å². The molecule has 0 aliphatic heterocycles. The molecule has 4 aromatic rings. The lowest BCUT2D eigenvalue weighted by Crippen LogP contribution is -2.43. The van der Waals surface area contributed by atoms with Crippen LogP contribution in [0, 0.1) is 0 Å². The van der Waals surface area contributed by atoms with E-state index in [4.69, 9.17) is 32.7 Å². The van der Waals surface area contributed by atoms with Gasteiger partial charge >= 0.3 is 5.97 Å². The monoisotopic (exact) mass is 598 g/mol. The van der Waals surface area contributed by atoms with Crippen LogP contribution < -0.4 is 14.8 Å². The molecule has 0 bridgehead atoms. The van der Waals surface area contributed by atoms with Crippen LogP contribution >= 0.6 is 23.2 Å². The highest BCUT2D eigenvalue weighted by atomic mass is 35.5. The van der Waals surface area contributed by atoms with Crippen molar-refractivity contribution in [3.8, 4) is 11.5 Å². The molecule has 4 aromatic carbocycles. The number of methoxy groups -OCH3 is 1. The minimum Gasteiger partial charge on any atom is -0.467 e. The predicted molar refractivity (Wildman–Crippen MR) is 154 cm³/mol. The van der Waals surface area contributed by atoms with Crippen molar-refractivity contribution in [2.24, 2.45) is 0 Å². The number of carbonyl (C=O) groups excluding carboxylic acids is 2. The molecule has 0 spiro atoms. The average molecular weight is 599 g/mol.